The van der Waals surface area contributed by atoms with Gasteiger partial charge in [0.25, 0.3) is 0 Å². The first-order valence-corrected chi connectivity index (χ1v) is 9.92. The second-order valence-corrected chi connectivity index (χ2v) is 7.32. The normalized spacial score (nSPS) is 11.0. The summed E-state index contributed by atoms with van der Waals surface area (Å²) in [6.07, 6.45) is 3.23. The summed E-state index contributed by atoms with van der Waals surface area (Å²) in [7, 11) is 0. The third-order valence-corrected chi connectivity index (χ3v) is 5.06. The van der Waals surface area contributed by atoms with Crippen LogP contribution in [0.5, 0.6) is 5.75 Å². The molecule has 152 valence electrons. The van der Waals surface area contributed by atoms with Crippen molar-refractivity contribution in [3.05, 3.63) is 46.8 Å². The van der Waals surface area contributed by atoms with Gasteiger partial charge in [-0.15, -0.1) is 0 Å². The predicted molar refractivity (Wildman–Crippen MR) is 110 cm³/mol. The van der Waals surface area contributed by atoms with Crippen LogP contribution in [0.15, 0.2) is 24.3 Å². The van der Waals surface area contributed by atoms with Gasteiger partial charge < -0.3 is 15.3 Å². The Bertz CT molecular complexity index is 822. The maximum atomic E-state index is 11.6. The van der Waals surface area contributed by atoms with Crippen LogP contribution in [-0.2, 0) is 17.8 Å². The number of hydrogen-bond donors (Lipinski definition) is 1. The molecule has 0 aliphatic carbocycles. The summed E-state index contributed by atoms with van der Waals surface area (Å²) in [6, 6.07) is 7.28. The maximum absolute atomic E-state index is 11.6. The Balaban J connectivity index is 2.25. The van der Waals surface area contributed by atoms with Gasteiger partial charge in [0.05, 0.1) is 18.8 Å². The Kier molecular flexibility index (Phi) is 7.79. The fraction of sp³-hybridized carbons (Fsp3) is 0.500. The van der Waals surface area contributed by atoms with Gasteiger partial charge >= 0.3 is 0 Å². The van der Waals surface area contributed by atoms with Crippen LogP contribution < -0.4 is 10.5 Å². The number of aromatic nitrogens is 2. The quantitative estimate of drug-likeness (QED) is 0.639. The van der Waals surface area contributed by atoms with E-state index in [1.165, 1.54) is 0 Å². The Morgan fingerprint density at radius 3 is 2.54 bits per heavy atom. The molecule has 0 unspecified atom stereocenters. The third-order valence-electron chi connectivity index (χ3n) is 5.06. The number of carbonyl (C=O) groups excluding carboxylic acids is 2. The molecule has 2 rings (SSSR count). The largest absolute Gasteiger partial charge is 0.493 e. The lowest BCUT2D eigenvalue weighted by Crippen LogP contribution is -2.15. The van der Waals surface area contributed by atoms with Crippen molar-refractivity contribution in [3.63, 3.8) is 0 Å². The SMILES string of the molecule is CCC(CC)COc1ccc(C(N)=O)cc1Cn1nc(CCC(C)=O)cc1C. The third kappa shape index (κ3) is 5.94. The first-order valence-electron chi connectivity index (χ1n) is 9.92. The fourth-order valence-corrected chi connectivity index (χ4v) is 3.06. The minimum atomic E-state index is -0.466. The Morgan fingerprint density at radius 1 is 1.21 bits per heavy atom. The molecule has 0 bridgehead atoms. The van der Waals surface area contributed by atoms with Gasteiger partial charge in [-0.25, -0.2) is 0 Å². The van der Waals surface area contributed by atoms with E-state index in [1.807, 2.05) is 23.7 Å². The van der Waals surface area contributed by atoms with Gasteiger partial charge in [0.15, 0.2) is 0 Å². The molecule has 6 nitrogen and oxygen atoms in total. The van der Waals surface area contributed by atoms with Gasteiger partial charge in [-0.05, 0) is 50.5 Å². The zero-order chi connectivity index (χ0) is 20.7. The summed E-state index contributed by atoms with van der Waals surface area (Å²) in [5.41, 5.74) is 8.66. The molecule has 0 aliphatic rings. The molecule has 28 heavy (non-hydrogen) atoms. The lowest BCUT2D eigenvalue weighted by Gasteiger charge is -2.17. The number of benzene rings is 1. The molecule has 0 atom stereocenters. The number of hydrogen-bond acceptors (Lipinski definition) is 4. The minimum Gasteiger partial charge on any atom is -0.493 e. The average molecular weight is 386 g/mol. The molecule has 6 heteroatoms. The number of ether oxygens (including phenoxy) is 1. The molecule has 0 aliphatic heterocycles. The van der Waals surface area contributed by atoms with Crippen LogP contribution in [-0.4, -0.2) is 28.1 Å². The average Bonchev–Trinajstić information content (AvgIpc) is 3.01. The monoisotopic (exact) mass is 385 g/mol. The molecular formula is C22H31N3O3. The van der Waals surface area contributed by atoms with Crippen molar-refractivity contribution in [2.45, 2.75) is 59.9 Å². The van der Waals surface area contributed by atoms with E-state index >= 15 is 0 Å². The van der Waals surface area contributed by atoms with Crippen molar-refractivity contribution >= 4 is 11.7 Å². The van der Waals surface area contributed by atoms with E-state index in [9.17, 15) is 9.59 Å². The summed E-state index contributed by atoms with van der Waals surface area (Å²) in [6.45, 7) is 8.99. The first-order chi connectivity index (χ1) is 13.3. The zero-order valence-electron chi connectivity index (χ0n) is 17.3. The number of amides is 1. The summed E-state index contributed by atoms with van der Waals surface area (Å²) in [5, 5.41) is 4.61. The minimum absolute atomic E-state index is 0.151. The van der Waals surface area contributed by atoms with E-state index in [0.29, 0.717) is 37.5 Å². The van der Waals surface area contributed by atoms with Crippen molar-refractivity contribution in [1.29, 1.82) is 0 Å². The van der Waals surface area contributed by atoms with Crippen molar-refractivity contribution in [2.24, 2.45) is 11.7 Å². The second kappa shape index (κ2) is 10.1. The Hall–Kier alpha value is -2.63. The summed E-state index contributed by atoms with van der Waals surface area (Å²) in [4.78, 5) is 22.9. The van der Waals surface area contributed by atoms with E-state index in [0.717, 1.165) is 35.5 Å². The highest BCUT2D eigenvalue weighted by atomic mass is 16.5. The molecule has 1 aromatic carbocycles. The van der Waals surface area contributed by atoms with Crippen LogP contribution in [0.2, 0.25) is 0 Å². The van der Waals surface area contributed by atoms with Crippen molar-refractivity contribution < 1.29 is 14.3 Å². The molecule has 2 aromatic rings. The van der Waals surface area contributed by atoms with Gasteiger partial charge in [-0.3, -0.25) is 9.48 Å². The Morgan fingerprint density at radius 2 is 1.93 bits per heavy atom. The van der Waals surface area contributed by atoms with Crippen LogP contribution in [0.3, 0.4) is 0 Å². The highest BCUT2D eigenvalue weighted by Crippen LogP contribution is 2.24. The number of nitrogens with zero attached hydrogens (tertiary/aromatic N) is 2. The smallest absolute Gasteiger partial charge is 0.248 e. The van der Waals surface area contributed by atoms with Crippen LogP contribution >= 0.6 is 0 Å². The predicted octanol–water partition coefficient (Wildman–Crippen LogP) is 3.68. The number of Topliss-reactive ketones (excluding diaryl/α,β-unsaturated/α-hetero) is 1. The molecule has 0 radical (unpaired) electrons. The number of nitrogens with two attached hydrogens (primary N) is 1. The van der Waals surface area contributed by atoms with Crippen LogP contribution in [0, 0.1) is 12.8 Å². The molecule has 0 saturated carbocycles. The lowest BCUT2D eigenvalue weighted by molar-refractivity contribution is -0.117. The van der Waals surface area contributed by atoms with Gasteiger partial charge in [-0.2, -0.15) is 5.10 Å². The Labute approximate surface area is 167 Å². The maximum Gasteiger partial charge on any atom is 0.248 e. The first kappa shape index (κ1) is 21.7. The van der Waals surface area contributed by atoms with Crippen molar-refractivity contribution in [2.75, 3.05) is 6.61 Å². The van der Waals surface area contributed by atoms with Gasteiger partial charge in [0, 0.05) is 23.2 Å². The van der Waals surface area contributed by atoms with Crippen LogP contribution in [0.4, 0.5) is 0 Å². The van der Waals surface area contributed by atoms with Gasteiger partial charge in [0.2, 0.25) is 5.91 Å². The van der Waals surface area contributed by atoms with Crippen molar-refractivity contribution in [3.8, 4) is 5.75 Å². The van der Waals surface area contributed by atoms with Crippen LogP contribution in [0.25, 0.3) is 0 Å². The van der Waals surface area contributed by atoms with Gasteiger partial charge in [0.1, 0.15) is 11.5 Å². The number of primary amides is 1. The topological polar surface area (TPSA) is 87.2 Å². The zero-order valence-corrected chi connectivity index (χ0v) is 17.3. The van der Waals surface area contributed by atoms with E-state index in [4.69, 9.17) is 10.5 Å². The van der Waals surface area contributed by atoms with Crippen LogP contribution in [0.1, 0.15) is 67.3 Å². The molecule has 1 amide bonds. The van der Waals surface area contributed by atoms with E-state index < -0.39 is 5.91 Å². The fourth-order valence-electron chi connectivity index (χ4n) is 3.06. The lowest BCUT2D eigenvalue weighted by atomic mass is 10.0. The second-order valence-electron chi connectivity index (χ2n) is 7.32. The number of rotatable bonds is 11. The van der Waals surface area contributed by atoms with E-state index in [2.05, 4.69) is 18.9 Å². The number of aryl methyl sites for hydroxylation is 2. The highest BCUT2D eigenvalue weighted by molar-refractivity contribution is 5.93. The van der Waals surface area contributed by atoms with E-state index in [1.54, 1.807) is 19.1 Å². The summed E-state index contributed by atoms with van der Waals surface area (Å²) >= 11 is 0. The molecule has 0 saturated heterocycles. The molecule has 0 spiro atoms. The number of ketones is 1. The molecule has 0 fully saturated rings. The molecular weight excluding hydrogens is 354 g/mol. The molecule has 1 aromatic heterocycles. The number of carbonyl (C=O) groups is 2. The highest BCUT2D eigenvalue weighted by Gasteiger charge is 2.13. The van der Waals surface area contributed by atoms with E-state index in [-0.39, 0.29) is 5.78 Å². The standard InChI is InChI=1S/C22H31N3O3/c1-5-17(6-2)14-28-21-10-8-18(22(23)27)12-19(21)13-25-15(3)11-20(24-25)9-7-16(4)26/h8,10-12,17H,5-7,9,13-14H2,1-4H3,(H2,23,27). The van der Waals surface area contributed by atoms with Crippen molar-refractivity contribution in [1.82, 2.24) is 9.78 Å². The van der Waals surface area contributed by atoms with Gasteiger partial charge in [-0.1, -0.05) is 26.7 Å². The summed E-state index contributed by atoms with van der Waals surface area (Å²) in [5.74, 6) is 0.927. The summed E-state index contributed by atoms with van der Waals surface area (Å²) < 4.78 is 7.95. The molecule has 2 N–H and O–H groups in total. The molecule has 1 heterocycles.